The minimum atomic E-state index is -0.0617. The number of rotatable bonds is 5. The first kappa shape index (κ1) is 14.4. The van der Waals surface area contributed by atoms with Crippen molar-refractivity contribution in [3.05, 3.63) is 46.7 Å². The Morgan fingerprint density at radius 1 is 1.40 bits per heavy atom. The number of ether oxygens (including phenoxy) is 1. The van der Waals surface area contributed by atoms with E-state index in [4.69, 9.17) is 10.5 Å². The normalized spacial score (nSPS) is 11.9. The van der Waals surface area contributed by atoms with E-state index in [2.05, 4.69) is 0 Å². The molecular formula is C15H18N2O2S. The zero-order valence-corrected chi connectivity index (χ0v) is 12.4. The average Bonchev–Trinajstić information content (AvgIpc) is 2.97. The summed E-state index contributed by atoms with van der Waals surface area (Å²) in [6.45, 7) is 2.01. The van der Waals surface area contributed by atoms with Gasteiger partial charge in [-0.2, -0.15) is 0 Å². The molecule has 1 aromatic carbocycles. The maximum absolute atomic E-state index is 12.1. The minimum absolute atomic E-state index is 0.00959. The van der Waals surface area contributed by atoms with Gasteiger partial charge in [-0.25, -0.2) is 0 Å². The van der Waals surface area contributed by atoms with Crippen molar-refractivity contribution in [2.75, 3.05) is 19.4 Å². The first-order valence-electron chi connectivity index (χ1n) is 6.35. The van der Waals surface area contributed by atoms with Crippen LogP contribution in [0.2, 0.25) is 0 Å². The Hall–Kier alpha value is -2.01. The monoisotopic (exact) mass is 290 g/mol. The molecule has 1 amide bonds. The second-order valence-corrected chi connectivity index (χ2v) is 5.54. The zero-order valence-electron chi connectivity index (χ0n) is 11.6. The molecule has 1 unspecified atom stereocenters. The van der Waals surface area contributed by atoms with Gasteiger partial charge in [0.05, 0.1) is 6.04 Å². The van der Waals surface area contributed by atoms with Gasteiger partial charge in [0.1, 0.15) is 5.75 Å². The number of nitrogens with zero attached hydrogens (tertiary/aromatic N) is 1. The molecule has 1 heterocycles. The summed E-state index contributed by atoms with van der Waals surface area (Å²) in [7, 11) is 1.79. The summed E-state index contributed by atoms with van der Waals surface area (Å²) in [5, 5.41) is 2.01. The highest BCUT2D eigenvalue weighted by Gasteiger charge is 2.18. The van der Waals surface area contributed by atoms with Gasteiger partial charge in [-0.15, -0.1) is 11.3 Å². The molecule has 2 N–H and O–H groups in total. The summed E-state index contributed by atoms with van der Waals surface area (Å²) in [5.41, 5.74) is 6.28. The van der Waals surface area contributed by atoms with E-state index < -0.39 is 0 Å². The van der Waals surface area contributed by atoms with Crippen LogP contribution in [0.15, 0.2) is 41.8 Å². The van der Waals surface area contributed by atoms with Gasteiger partial charge >= 0.3 is 0 Å². The molecular weight excluding hydrogens is 272 g/mol. The van der Waals surface area contributed by atoms with Gasteiger partial charge in [0, 0.05) is 23.7 Å². The Morgan fingerprint density at radius 3 is 2.85 bits per heavy atom. The van der Waals surface area contributed by atoms with Crippen LogP contribution >= 0.6 is 11.3 Å². The topological polar surface area (TPSA) is 55.6 Å². The van der Waals surface area contributed by atoms with E-state index in [1.54, 1.807) is 47.5 Å². The largest absolute Gasteiger partial charge is 0.484 e. The highest BCUT2D eigenvalue weighted by Crippen LogP contribution is 2.23. The minimum Gasteiger partial charge on any atom is -0.484 e. The zero-order chi connectivity index (χ0) is 14.5. The lowest BCUT2D eigenvalue weighted by atomic mass is 10.2. The highest BCUT2D eigenvalue weighted by molar-refractivity contribution is 7.10. The third kappa shape index (κ3) is 3.51. The lowest BCUT2D eigenvalue weighted by Crippen LogP contribution is -2.33. The Kier molecular flexibility index (Phi) is 4.63. The number of nitrogens with two attached hydrogens (primary N) is 1. The smallest absolute Gasteiger partial charge is 0.260 e. The van der Waals surface area contributed by atoms with Crippen molar-refractivity contribution in [1.82, 2.24) is 4.90 Å². The second-order valence-electron chi connectivity index (χ2n) is 4.56. The number of benzene rings is 1. The third-order valence-corrected chi connectivity index (χ3v) is 4.19. The number of hydrogen-bond acceptors (Lipinski definition) is 4. The van der Waals surface area contributed by atoms with Crippen LogP contribution in [-0.4, -0.2) is 24.5 Å². The summed E-state index contributed by atoms with van der Waals surface area (Å²) in [6, 6.07) is 11.1. The summed E-state index contributed by atoms with van der Waals surface area (Å²) in [4.78, 5) is 15.0. The van der Waals surface area contributed by atoms with Gasteiger partial charge in [0.25, 0.3) is 5.91 Å². The molecule has 0 aliphatic carbocycles. The summed E-state index contributed by atoms with van der Waals surface area (Å²) in [6.07, 6.45) is 0. The summed E-state index contributed by atoms with van der Waals surface area (Å²) >= 11 is 1.64. The van der Waals surface area contributed by atoms with Crippen molar-refractivity contribution in [3.8, 4) is 5.75 Å². The fraction of sp³-hybridized carbons (Fsp3) is 0.267. The van der Waals surface area contributed by atoms with E-state index in [0.29, 0.717) is 11.4 Å². The van der Waals surface area contributed by atoms with Crippen molar-refractivity contribution in [2.24, 2.45) is 0 Å². The molecule has 5 heteroatoms. The number of carbonyl (C=O) groups is 1. The molecule has 0 aliphatic rings. The Labute approximate surface area is 122 Å². The quantitative estimate of drug-likeness (QED) is 0.861. The second kappa shape index (κ2) is 6.43. The molecule has 0 aliphatic heterocycles. The maximum atomic E-state index is 12.1. The van der Waals surface area contributed by atoms with Crippen molar-refractivity contribution >= 4 is 22.9 Å². The van der Waals surface area contributed by atoms with Crippen LogP contribution in [0, 0.1) is 0 Å². The number of nitrogen functional groups attached to an aromatic ring is 1. The SMILES string of the molecule is CC(c1cccs1)N(C)C(=O)COc1cccc(N)c1. The van der Waals surface area contributed by atoms with Gasteiger partial charge in [-0.1, -0.05) is 12.1 Å². The van der Waals surface area contributed by atoms with Crippen molar-refractivity contribution in [2.45, 2.75) is 13.0 Å². The number of hydrogen-bond donors (Lipinski definition) is 1. The van der Waals surface area contributed by atoms with E-state index in [9.17, 15) is 4.79 Å². The van der Waals surface area contributed by atoms with Crippen LogP contribution in [0.5, 0.6) is 5.75 Å². The van der Waals surface area contributed by atoms with Crippen molar-refractivity contribution < 1.29 is 9.53 Å². The van der Waals surface area contributed by atoms with Gasteiger partial charge < -0.3 is 15.4 Å². The van der Waals surface area contributed by atoms with E-state index in [0.717, 1.165) is 4.88 Å². The number of anilines is 1. The molecule has 0 saturated heterocycles. The van der Waals surface area contributed by atoms with Gasteiger partial charge in [-0.05, 0) is 30.5 Å². The first-order valence-corrected chi connectivity index (χ1v) is 7.23. The molecule has 0 spiro atoms. The molecule has 1 atom stereocenters. The van der Waals surface area contributed by atoms with Gasteiger partial charge in [-0.3, -0.25) is 4.79 Å². The molecule has 0 fully saturated rings. The molecule has 4 nitrogen and oxygen atoms in total. The van der Waals surface area contributed by atoms with Crippen LogP contribution in [0.25, 0.3) is 0 Å². The Bertz CT molecular complexity index is 569. The number of amides is 1. The fourth-order valence-corrected chi connectivity index (χ4v) is 2.61. The summed E-state index contributed by atoms with van der Waals surface area (Å²) < 4.78 is 5.47. The summed E-state index contributed by atoms with van der Waals surface area (Å²) in [5.74, 6) is 0.545. The number of thiophene rings is 1. The van der Waals surface area contributed by atoms with Crippen LogP contribution < -0.4 is 10.5 Å². The Balaban J connectivity index is 1.91. The van der Waals surface area contributed by atoms with Gasteiger partial charge in [0.15, 0.2) is 6.61 Å². The average molecular weight is 290 g/mol. The van der Waals surface area contributed by atoms with E-state index >= 15 is 0 Å². The fourth-order valence-electron chi connectivity index (χ4n) is 1.79. The molecule has 2 rings (SSSR count). The van der Waals surface area contributed by atoms with Crippen LogP contribution in [0.3, 0.4) is 0 Å². The van der Waals surface area contributed by atoms with Crippen LogP contribution in [-0.2, 0) is 4.79 Å². The molecule has 1 aromatic heterocycles. The molecule has 0 radical (unpaired) electrons. The highest BCUT2D eigenvalue weighted by atomic mass is 32.1. The number of carbonyl (C=O) groups excluding carboxylic acids is 1. The van der Waals surface area contributed by atoms with E-state index in [1.165, 1.54) is 0 Å². The van der Waals surface area contributed by atoms with E-state index in [-0.39, 0.29) is 18.6 Å². The van der Waals surface area contributed by atoms with E-state index in [1.807, 2.05) is 24.4 Å². The molecule has 0 saturated carbocycles. The maximum Gasteiger partial charge on any atom is 0.260 e. The lowest BCUT2D eigenvalue weighted by Gasteiger charge is -2.24. The predicted octanol–water partition coefficient (Wildman–Crippen LogP) is 2.93. The molecule has 106 valence electrons. The molecule has 20 heavy (non-hydrogen) atoms. The van der Waals surface area contributed by atoms with Crippen LogP contribution in [0.1, 0.15) is 17.8 Å². The molecule has 2 aromatic rings. The lowest BCUT2D eigenvalue weighted by molar-refractivity contribution is -0.133. The third-order valence-electron chi connectivity index (χ3n) is 3.15. The standard InChI is InChI=1S/C15H18N2O2S/c1-11(14-7-4-8-20-14)17(2)15(18)10-19-13-6-3-5-12(16)9-13/h3-9,11H,10,16H2,1-2H3. The van der Waals surface area contributed by atoms with Gasteiger partial charge in [0.2, 0.25) is 0 Å². The van der Waals surface area contributed by atoms with Crippen LogP contribution in [0.4, 0.5) is 5.69 Å². The van der Waals surface area contributed by atoms with Crippen molar-refractivity contribution in [3.63, 3.8) is 0 Å². The molecule has 0 bridgehead atoms. The number of likely N-dealkylation sites (N-methyl/N-ethyl adjacent to an activating group) is 1. The Morgan fingerprint density at radius 2 is 2.20 bits per heavy atom. The van der Waals surface area contributed by atoms with Crippen molar-refractivity contribution in [1.29, 1.82) is 0 Å². The predicted molar refractivity (Wildman–Crippen MR) is 81.9 cm³/mol. The first-order chi connectivity index (χ1) is 9.58.